The smallest absolute Gasteiger partial charge is 0.126 e. The Hall–Kier alpha value is -0.730. The highest BCUT2D eigenvalue weighted by molar-refractivity contribution is 6.30. The van der Waals surface area contributed by atoms with E-state index in [1.54, 1.807) is 7.11 Å². The Morgan fingerprint density at radius 3 is 2.53 bits per heavy atom. The molecule has 1 aromatic rings. The van der Waals surface area contributed by atoms with Gasteiger partial charge in [-0.3, -0.25) is 0 Å². The summed E-state index contributed by atoms with van der Waals surface area (Å²) < 4.78 is 5.45. The van der Waals surface area contributed by atoms with Crippen LogP contribution >= 0.6 is 11.6 Å². The highest BCUT2D eigenvalue weighted by atomic mass is 35.5. The summed E-state index contributed by atoms with van der Waals surface area (Å²) >= 11 is 6.08. The molecule has 1 N–H and O–H groups in total. The van der Waals surface area contributed by atoms with Gasteiger partial charge in [0.1, 0.15) is 5.75 Å². The molecule has 0 aliphatic rings. The lowest BCUT2D eigenvalue weighted by atomic mass is 9.99. The Kier molecular flexibility index (Phi) is 4.43. The van der Waals surface area contributed by atoms with Crippen molar-refractivity contribution in [3.8, 4) is 5.75 Å². The molecule has 0 bridgehead atoms. The van der Waals surface area contributed by atoms with E-state index in [0.29, 0.717) is 5.92 Å². The second-order valence-electron chi connectivity index (χ2n) is 3.87. The molecule has 0 aliphatic carbocycles. The van der Waals surface area contributed by atoms with Gasteiger partial charge in [0.15, 0.2) is 0 Å². The van der Waals surface area contributed by atoms with Crippen LogP contribution in [-0.4, -0.2) is 14.2 Å². The number of nitrogens with one attached hydrogen (secondary N) is 1. The van der Waals surface area contributed by atoms with E-state index in [1.165, 1.54) is 0 Å². The summed E-state index contributed by atoms with van der Waals surface area (Å²) in [6.45, 7) is 5.04. The van der Waals surface area contributed by atoms with Crippen LogP contribution < -0.4 is 10.1 Å². The molecule has 0 radical (unpaired) electrons. The Morgan fingerprint density at radius 1 is 1.40 bits per heavy atom. The zero-order chi connectivity index (χ0) is 11.4. The summed E-state index contributed by atoms with van der Waals surface area (Å²) in [5.41, 5.74) is 2.27. The lowest BCUT2D eigenvalue weighted by Crippen LogP contribution is -2.08. The zero-order valence-electron chi connectivity index (χ0n) is 9.73. The zero-order valence-corrected chi connectivity index (χ0v) is 10.5. The van der Waals surface area contributed by atoms with Crippen LogP contribution in [0.4, 0.5) is 0 Å². The van der Waals surface area contributed by atoms with E-state index in [0.717, 1.165) is 28.4 Å². The van der Waals surface area contributed by atoms with Gasteiger partial charge >= 0.3 is 0 Å². The normalized spacial score (nSPS) is 10.8. The number of ether oxygens (including phenoxy) is 1. The van der Waals surface area contributed by atoms with Crippen molar-refractivity contribution in [3.05, 3.63) is 28.3 Å². The molecule has 1 rings (SSSR count). The molecule has 15 heavy (non-hydrogen) atoms. The second-order valence-corrected chi connectivity index (χ2v) is 4.31. The summed E-state index contributed by atoms with van der Waals surface area (Å²) in [4.78, 5) is 0. The third-order valence-electron chi connectivity index (χ3n) is 2.35. The molecule has 0 aliphatic heterocycles. The van der Waals surface area contributed by atoms with Gasteiger partial charge in [-0.05, 0) is 30.7 Å². The standard InChI is InChI=1S/C12H18ClNO/c1-8(2)11-6-10(13)5-9(7-14-3)12(11)15-4/h5-6,8,14H,7H2,1-4H3. The predicted molar refractivity (Wildman–Crippen MR) is 64.9 cm³/mol. The highest BCUT2D eigenvalue weighted by Gasteiger charge is 2.13. The summed E-state index contributed by atoms with van der Waals surface area (Å²) in [5.74, 6) is 1.36. The molecule has 0 unspecified atom stereocenters. The van der Waals surface area contributed by atoms with Crippen molar-refractivity contribution in [3.63, 3.8) is 0 Å². The van der Waals surface area contributed by atoms with Crippen LogP contribution in [0.25, 0.3) is 0 Å². The Morgan fingerprint density at radius 2 is 2.07 bits per heavy atom. The van der Waals surface area contributed by atoms with Crippen molar-refractivity contribution < 1.29 is 4.74 Å². The molecule has 0 amide bonds. The maximum Gasteiger partial charge on any atom is 0.126 e. The van der Waals surface area contributed by atoms with Crippen molar-refractivity contribution in [1.82, 2.24) is 5.32 Å². The molecule has 0 fully saturated rings. The second kappa shape index (κ2) is 5.38. The average Bonchev–Trinajstić information content (AvgIpc) is 2.17. The summed E-state index contributed by atoms with van der Waals surface area (Å²) in [7, 11) is 3.61. The minimum absolute atomic E-state index is 0.411. The first-order chi connectivity index (χ1) is 7.10. The lowest BCUT2D eigenvalue weighted by molar-refractivity contribution is 0.401. The van der Waals surface area contributed by atoms with Crippen LogP contribution in [0, 0.1) is 0 Å². The topological polar surface area (TPSA) is 21.3 Å². The van der Waals surface area contributed by atoms with Crippen LogP contribution in [0.15, 0.2) is 12.1 Å². The number of methoxy groups -OCH3 is 1. The molecule has 0 aromatic heterocycles. The van der Waals surface area contributed by atoms with E-state index in [1.807, 2.05) is 19.2 Å². The van der Waals surface area contributed by atoms with Crippen molar-refractivity contribution in [2.24, 2.45) is 0 Å². The van der Waals surface area contributed by atoms with Gasteiger partial charge in [0.2, 0.25) is 0 Å². The third kappa shape index (κ3) is 2.86. The van der Waals surface area contributed by atoms with Gasteiger partial charge in [0.05, 0.1) is 7.11 Å². The van der Waals surface area contributed by atoms with E-state index in [-0.39, 0.29) is 0 Å². The summed E-state index contributed by atoms with van der Waals surface area (Å²) in [6.07, 6.45) is 0. The number of halogens is 1. The van der Waals surface area contributed by atoms with Crippen LogP contribution in [0.1, 0.15) is 30.9 Å². The minimum Gasteiger partial charge on any atom is -0.496 e. The number of benzene rings is 1. The summed E-state index contributed by atoms with van der Waals surface area (Å²) in [5, 5.41) is 3.88. The first-order valence-electron chi connectivity index (χ1n) is 5.11. The van der Waals surface area contributed by atoms with Crippen LogP contribution in [0.3, 0.4) is 0 Å². The van der Waals surface area contributed by atoms with Crippen LogP contribution in [-0.2, 0) is 6.54 Å². The fourth-order valence-corrected chi connectivity index (χ4v) is 1.92. The van der Waals surface area contributed by atoms with Gasteiger partial charge in [0, 0.05) is 17.1 Å². The Bertz CT molecular complexity index is 337. The Labute approximate surface area is 96.6 Å². The fourth-order valence-electron chi connectivity index (χ4n) is 1.67. The Balaban J connectivity index is 3.25. The molecule has 2 nitrogen and oxygen atoms in total. The van der Waals surface area contributed by atoms with Crippen LogP contribution in [0.5, 0.6) is 5.75 Å². The van der Waals surface area contributed by atoms with E-state index < -0.39 is 0 Å². The molecule has 0 spiro atoms. The van der Waals surface area contributed by atoms with E-state index >= 15 is 0 Å². The third-order valence-corrected chi connectivity index (χ3v) is 2.57. The molecule has 0 saturated carbocycles. The van der Waals surface area contributed by atoms with Crippen molar-refractivity contribution in [1.29, 1.82) is 0 Å². The number of rotatable bonds is 4. The summed E-state index contributed by atoms with van der Waals surface area (Å²) in [6, 6.07) is 3.92. The van der Waals surface area contributed by atoms with Gasteiger partial charge in [-0.25, -0.2) is 0 Å². The molecule has 1 aromatic carbocycles. The first-order valence-corrected chi connectivity index (χ1v) is 5.48. The molecular weight excluding hydrogens is 210 g/mol. The van der Waals surface area contributed by atoms with Gasteiger partial charge < -0.3 is 10.1 Å². The molecule has 84 valence electrons. The molecule has 0 heterocycles. The van der Waals surface area contributed by atoms with Crippen molar-refractivity contribution in [2.45, 2.75) is 26.3 Å². The molecule has 0 atom stereocenters. The van der Waals surface area contributed by atoms with E-state index in [4.69, 9.17) is 16.3 Å². The minimum atomic E-state index is 0.411. The first kappa shape index (κ1) is 12.3. The quantitative estimate of drug-likeness (QED) is 0.853. The fraction of sp³-hybridized carbons (Fsp3) is 0.500. The number of hydrogen-bond acceptors (Lipinski definition) is 2. The lowest BCUT2D eigenvalue weighted by Gasteiger charge is -2.16. The van der Waals surface area contributed by atoms with Gasteiger partial charge in [-0.2, -0.15) is 0 Å². The number of hydrogen-bond donors (Lipinski definition) is 1. The van der Waals surface area contributed by atoms with Gasteiger partial charge in [-0.1, -0.05) is 25.4 Å². The molecule has 3 heteroatoms. The van der Waals surface area contributed by atoms with Crippen molar-refractivity contribution in [2.75, 3.05) is 14.2 Å². The molecular formula is C12H18ClNO. The SMILES string of the molecule is CNCc1cc(Cl)cc(C(C)C)c1OC. The molecule has 0 saturated heterocycles. The maximum absolute atomic E-state index is 6.08. The average molecular weight is 228 g/mol. The van der Waals surface area contributed by atoms with Gasteiger partial charge in [-0.15, -0.1) is 0 Å². The van der Waals surface area contributed by atoms with Crippen LogP contribution in [0.2, 0.25) is 5.02 Å². The largest absolute Gasteiger partial charge is 0.496 e. The van der Waals surface area contributed by atoms with Crippen molar-refractivity contribution >= 4 is 11.6 Å². The predicted octanol–water partition coefficient (Wildman–Crippen LogP) is 3.19. The van der Waals surface area contributed by atoms with E-state index in [9.17, 15) is 0 Å². The highest BCUT2D eigenvalue weighted by Crippen LogP contribution is 2.33. The van der Waals surface area contributed by atoms with Gasteiger partial charge in [0.25, 0.3) is 0 Å². The van der Waals surface area contributed by atoms with E-state index in [2.05, 4.69) is 19.2 Å². The maximum atomic E-state index is 6.08. The monoisotopic (exact) mass is 227 g/mol.